The summed E-state index contributed by atoms with van der Waals surface area (Å²) in [6, 6.07) is 6.59. The second-order valence-corrected chi connectivity index (χ2v) is 7.38. The van der Waals surface area contributed by atoms with Crippen molar-refractivity contribution in [1.29, 1.82) is 0 Å². The van der Waals surface area contributed by atoms with Crippen LogP contribution in [0.3, 0.4) is 0 Å². The van der Waals surface area contributed by atoms with E-state index in [0.29, 0.717) is 12.2 Å². The van der Waals surface area contributed by atoms with Crippen molar-refractivity contribution in [1.82, 2.24) is 10.0 Å². The number of carbonyl (C=O) groups excluding carboxylic acids is 1. The van der Waals surface area contributed by atoms with Gasteiger partial charge in [-0.15, -0.1) is 0 Å². The van der Waals surface area contributed by atoms with E-state index in [4.69, 9.17) is 0 Å². The van der Waals surface area contributed by atoms with Crippen molar-refractivity contribution in [2.24, 2.45) is 0 Å². The Morgan fingerprint density at radius 2 is 1.81 bits per heavy atom. The van der Waals surface area contributed by atoms with Crippen LogP contribution in [0.15, 0.2) is 29.2 Å². The van der Waals surface area contributed by atoms with Gasteiger partial charge in [0.25, 0.3) is 0 Å². The number of amides is 1. The predicted molar refractivity (Wildman–Crippen MR) is 83.7 cm³/mol. The highest BCUT2D eigenvalue weighted by atomic mass is 32.2. The maximum absolute atomic E-state index is 12.3. The lowest BCUT2D eigenvalue weighted by Gasteiger charge is -2.20. The van der Waals surface area contributed by atoms with Gasteiger partial charge in [-0.25, -0.2) is 13.1 Å². The van der Waals surface area contributed by atoms with Gasteiger partial charge in [-0.3, -0.25) is 4.79 Å². The molecule has 0 aliphatic rings. The largest absolute Gasteiger partial charge is 0.384 e. The molecule has 0 unspecified atom stereocenters. The van der Waals surface area contributed by atoms with E-state index in [9.17, 15) is 13.2 Å². The fourth-order valence-corrected chi connectivity index (χ4v) is 2.90. The molecule has 0 fully saturated rings. The van der Waals surface area contributed by atoms with Crippen molar-refractivity contribution in [2.75, 3.05) is 18.4 Å². The number of sulfonamides is 1. The minimum Gasteiger partial charge on any atom is -0.384 e. The summed E-state index contributed by atoms with van der Waals surface area (Å²) in [5.74, 6) is -0.369. The molecule has 0 bridgehead atoms. The van der Waals surface area contributed by atoms with Crippen LogP contribution in [-0.2, 0) is 14.8 Å². The smallest absolute Gasteiger partial charge is 0.243 e. The van der Waals surface area contributed by atoms with Crippen LogP contribution < -0.4 is 15.4 Å². The van der Waals surface area contributed by atoms with E-state index >= 15 is 0 Å². The summed E-state index contributed by atoms with van der Waals surface area (Å²) in [5.41, 5.74) is 0.119. The van der Waals surface area contributed by atoms with Crippen LogP contribution in [0.1, 0.15) is 27.7 Å². The number of hydrogen-bond donors (Lipinski definition) is 3. The molecule has 118 valence electrons. The van der Waals surface area contributed by atoms with Gasteiger partial charge in [-0.05, 0) is 39.8 Å². The van der Waals surface area contributed by atoms with Gasteiger partial charge in [-0.1, -0.05) is 12.1 Å². The fraction of sp³-hybridized carbons (Fsp3) is 0.500. The molecule has 0 radical (unpaired) electrons. The van der Waals surface area contributed by atoms with Crippen molar-refractivity contribution >= 4 is 21.6 Å². The van der Waals surface area contributed by atoms with Gasteiger partial charge in [0.2, 0.25) is 15.9 Å². The standard InChI is InChI=1S/C14H23N3O3S/c1-5-15-11-8-6-7-9-12(11)21(19,20)16-10-13(18)17-14(2,3)4/h6-9,15-16H,5,10H2,1-4H3,(H,17,18). The van der Waals surface area contributed by atoms with Crippen molar-refractivity contribution in [3.05, 3.63) is 24.3 Å². The van der Waals surface area contributed by atoms with Crippen LogP contribution in [0.2, 0.25) is 0 Å². The second kappa shape index (κ2) is 6.91. The summed E-state index contributed by atoms with van der Waals surface area (Å²) < 4.78 is 26.9. The highest BCUT2D eigenvalue weighted by Crippen LogP contribution is 2.20. The summed E-state index contributed by atoms with van der Waals surface area (Å²) in [5, 5.41) is 5.69. The Hall–Kier alpha value is -1.60. The molecule has 0 aliphatic carbocycles. The Morgan fingerprint density at radius 1 is 1.19 bits per heavy atom. The maximum atomic E-state index is 12.3. The van der Waals surface area contributed by atoms with Crippen LogP contribution in [0.5, 0.6) is 0 Å². The van der Waals surface area contributed by atoms with E-state index in [1.807, 2.05) is 27.7 Å². The van der Waals surface area contributed by atoms with Gasteiger partial charge in [0, 0.05) is 12.1 Å². The lowest BCUT2D eigenvalue weighted by Crippen LogP contribution is -2.45. The number of hydrogen-bond acceptors (Lipinski definition) is 4. The molecule has 1 amide bonds. The topological polar surface area (TPSA) is 87.3 Å². The third-order valence-corrected chi connectivity index (χ3v) is 3.94. The van der Waals surface area contributed by atoms with Gasteiger partial charge >= 0.3 is 0 Å². The zero-order valence-electron chi connectivity index (χ0n) is 12.9. The Bertz CT molecular complexity index is 592. The summed E-state index contributed by atoms with van der Waals surface area (Å²) >= 11 is 0. The molecule has 0 aromatic heterocycles. The Labute approximate surface area is 126 Å². The summed E-state index contributed by atoms with van der Waals surface area (Å²) in [6.07, 6.45) is 0. The summed E-state index contributed by atoms with van der Waals surface area (Å²) in [7, 11) is -3.74. The van der Waals surface area contributed by atoms with E-state index in [0.717, 1.165) is 0 Å². The molecular weight excluding hydrogens is 290 g/mol. The van der Waals surface area contributed by atoms with Gasteiger partial charge in [0.1, 0.15) is 4.90 Å². The molecule has 0 saturated carbocycles. The second-order valence-electron chi connectivity index (χ2n) is 5.65. The lowest BCUT2D eigenvalue weighted by molar-refractivity contribution is -0.121. The van der Waals surface area contributed by atoms with Crippen LogP contribution in [-0.4, -0.2) is 33.0 Å². The highest BCUT2D eigenvalue weighted by molar-refractivity contribution is 7.89. The molecule has 1 aromatic carbocycles. The number of rotatable bonds is 6. The Morgan fingerprint density at radius 3 is 2.38 bits per heavy atom. The predicted octanol–water partition coefficient (Wildman–Crippen LogP) is 1.31. The molecule has 0 atom stereocenters. The van der Waals surface area contributed by atoms with Crippen molar-refractivity contribution < 1.29 is 13.2 Å². The zero-order chi connectivity index (χ0) is 16.1. The van der Waals surface area contributed by atoms with E-state index in [-0.39, 0.29) is 17.3 Å². The van der Waals surface area contributed by atoms with Gasteiger partial charge in [-0.2, -0.15) is 0 Å². The average Bonchev–Trinajstić information content (AvgIpc) is 2.35. The zero-order valence-corrected chi connectivity index (χ0v) is 13.7. The quantitative estimate of drug-likeness (QED) is 0.739. The molecule has 0 aliphatic heterocycles. The lowest BCUT2D eigenvalue weighted by atomic mass is 10.1. The van der Waals surface area contributed by atoms with Crippen molar-refractivity contribution in [2.45, 2.75) is 38.1 Å². The van der Waals surface area contributed by atoms with E-state index < -0.39 is 15.6 Å². The average molecular weight is 313 g/mol. The normalized spacial score (nSPS) is 12.0. The first kappa shape index (κ1) is 17.5. The highest BCUT2D eigenvalue weighted by Gasteiger charge is 2.20. The summed E-state index contributed by atoms with van der Waals surface area (Å²) in [4.78, 5) is 11.8. The molecule has 1 rings (SSSR count). The van der Waals surface area contributed by atoms with Crippen LogP contribution in [0, 0.1) is 0 Å². The number of anilines is 1. The minimum atomic E-state index is -3.74. The van der Waals surface area contributed by atoms with Crippen LogP contribution in [0.4, 0.5) is 5.69 Å². The number of para-hydroxylation sites is 1. The SMILES string of the molecule is CCNc1ccccc1S(=O)(=O)NCC(=O)NC(C)(C)C. The molecule has 21 heavy (non-hydrogen) atoms. The molecule has 1 aromatic rings. The van der Waals surface area contributed by atoms with Crippen molar-refractivity contribution in [3.63, 3.8) is 0 Å². The first-order chi connectivity index (χ1) is 9.65. The molecule has 6 nitrogen and oxygen atoms in total. The molecule has 0 heterocycles. The molecule has 7 heteroatoms. The van der Waals surface area contributed by atoms with E-state index in [1.165, 1.54) is 6.07 Å². The minimum absolute atomic E-state index is 0.135. The molecule has 3 N–H and O–H groups in total. The van der Waals surface area contributed by atoms with E-state index in [2.05, 4.69) is 15.4 Å². The number of nitrogens with one attached hydrogen (secondary N) is 3. The summed E-state index contributed by atoms with van der Waals surface area (Å²) in [6.45, 7) is 7.70. The maximum Gasteiger partial charge on any atom is 0.243 e. The Kier molecular flexibility index (Phi) is 5.74. The van der Waals surface area contributed by atoms with Crippen LogP contribution in [0.25, 0.3) is 0 Å². The monoisotopic (exact) mass is 313 g/mol. The van der Waals surface area contributed by atoms with Gasteiger partial charge < -0.3 is 10.6 Å². The molecule has 0 saturated heterocycles. The number of carbonyl (C=O) groups is 1. The Balaban J connectivity index is 2.81. The van der Waals surface area contributed by atoms with Gasteiger partial charge in [0.15, 0.2) is 0 Å². The van der Waals surface area contributed by atoms with Crippen molar-refractivity contribution in [3.8, 4) is 0 Å². The first-order valence-corrected chi connectivity index (χ1v) is 8.27. The number of benzene rings is 1. The third kappa shape index (κ3) is 5.73. The fourth-order valence-electron chi connectivity index (χ4n) is 1.74. The third-order valence-electron chi connectivity index (χ3n) is 2.48. The van der Waals surface area contributed by atoms with Gasteiger partial charge in [0.05, 0.1) is 12.2 Å². The molecule has 0 spiro atoms. The molecular formula is C14H23N3O3S. The first-order valence-electron chi connectivity index (χ1n) is 6.79. The van der Waals surface area contributed by atoms with Crippen LogP contribution >= 0.6 is 0 Å². The van der Waals surface area contributed by atoms with E-state index in [1.54, 1.807) is 18.2 Å².